The molecule has 0 aromatic carbocycles. The molecule has 2 N–H and O–H groups in total. The molecule has 0 saturated heterocycles. The lowest BCUT2D eigenvalue weighted by molar-refractivity contribution is 0.388. The first kappa shape index (κ1) is 18.9. The highest BCUT2D eigenvalue weighted by Crippen LogP contribution is 2.13. The minimum atomic E-state index is 0.721. The third-order valence-electron chi connectivity index (χ3n) is 3.65. The summed E-state index contributed by atoms with van der Waals surface area (Å²) in [6.45, 7) is 5.97. The van der Waals surface area contributed by atoms with Crippen LogP contribution in [-0.4, -0.2) is 80.3 Å². The molecule has 0 aliphatic rings. The second kappa shape index (κ2) is 10.6. The predicted molar refractivity (Wildman–Crippen MR) is 94.5 cm³/mol. The lowest BCUT2D eigenvalue weighted by atomic mass is 10.3. The number of hydrogen-bond donors (Lipinski definition) is 1. The van der Waals surface area contributed by atoms with Gasteiger partial charge in [0.1, 0.15) is 0 Å². The standard InChI is InChI=1S/C16H34N6/c1-19(2)10-6-13-21(14-7-11-20(3)4)16-18-9-15-22(16)12-5-8-17/h9,15H,5-8,10-14,17H2,1-4H3. The number of imidazole rings is 1. The molecule has 0 bridgehead atoms. The van der Waals surface area contributed by atoms with Gasteiger partial charge in [-0.15, -0.1) is 0 Å². The fourth-order valence-electron chi connectivity index (χ4n) is 2.49. The number of anilines is 1. The Morgan fingerprint density at radius 3 is 2.05 bits per heavy atom. The van der Waals surface area contributed by atoms with Gasteiger partial charge in [0.2, 0.25) is 5.95 Å². The second-order valence-corrected chi connectivity index (χ2v) is 6.36. The van der Waals surface area contributed by atoms with Gasteiger partial charge >= 0.3 is 0 Å². The topological polar surface area (TPSA) is 53.6 Å². The Balaban J connectivity index is 2.64. The Hall–Kier alpha value is -1.11. The van der Waals surface area contributed by atoms with Crippen molar-refractivity contribution in [3.05, 3.63) is 12.4 Å². The summed E-state index contributed by atoms with van der Waals surface area (Å²) in [5, 5.41) is 0. The molecule has 0 saturated carbocycles. The normalized spacial score (nSPS) is 11.6. The molecular weight excluding hydrogens is 276 g/mol. The maximum atomic E-state index is 5.64. The molecule has 0 radical (unpaired) electrons. The van der Waals surface area contributed by atoms with Crippen molar-refractivity contribution in [1.82, 2.24) is 19.4 Å². The number of nitrogens with zero attached hydrogens (tertiary/aromatic N) is 5. The van der Waals surface area contributed by atoms with Crippen molar-refractivity contribution in [2.75, 3.05) is 65.8 Å². The molecule has 0 fully saturated rings. The van der Waals surface area contributed by atoms with E-state index in [1.807, 2.05) is 6.20 Å². The zero-order valence-corrected chi connectivity index (χ0v) is 14.8. The molecule has 1 aromatic heterocycles. The molecule has 0 aliphatic carbocycles. The van der Waals surface area contributed by atoms with Crippen LogP contribution in [0.1, 0.15) is 19.3 Å². The third-order valence-corrected chi connectivity index (χ3v) is 3.65. The SMILES string of the molecule is CN(C)CCCN(CCCN(C)C)c1nccn1CCCN. The highest BCUT2D eigenvalue weighted by atomic mass is 15.3. The van der Waals surface area contributed by atoms with E-state index in [-0.39, 0.29) is 0 Å². The van der Waals surface area contributed by atoms with Crippen LogP contribution in [0.2, 0.25) is 0 Å². The van der Waals surface area contributed by atoms with Crippen molar-refractivity contribution < 1.29 is 0 Å². The van der Waals surface area contributed by atoms with Crippen LogP contribution in [0.5, 0.6) is 0 Å². The van der Waals surface area contributed by atoms with Gasteiger partial charge in [-0.05, 0) is 67.1 Å². The number of hydrogen-bond acceptors (Lipinski definition) is 5. The van der Waals surface area contributed by atoms with Crippen molar-refractivity contribution in [1.29, 1.82) is 0 Å². The van der Waals surface area contributed by atoms with E-state index < -0.39 is 0 Å². The van der Waals surface area contributed by atoms with E-state index in [1.165, 1.54) is 0 Å². The van der Waals surface area contributed by atoms with E-state index in [2.05, 4.69) is 58.6 Å². The molecule has 0 unspecified atom stereocenters. The molecule has 0 atom stereocenters. The average molecular weight is 310 g/mol. The number of rotatable bonds is 12. The molecule has 0 aliphatic heterocycles. The summed E-state index contributed by atoms with van der Waals surface area (Å²) in [5.74, 6) is 1.09. The molecule has 0 spiro atoms. The maximum Gasteiger partial charge on any atom is 0.205 e. The van der Waals surface area contributed by atoms with Gasteiger partial charge in [0.25, 0.3) is 0 Å². The summed E-state index contributed by atoms with van der Waals surface area (Å²) in [5.41, 5.74) is 5.64. The van der Waals surface area contributed by atoms with Crippen molar-refractivity contribution in [2.24, 2.45) is 5.73 Å². The summed E-state index contributed by atoms with van der Waals surface area (Å²) in [6, 6.07) is 0. The van der Waals surface area contributed by atoms with Crippen LogP contribution < -0.4 is 10.6 Å². The minimum absolute atomic E-state index is 0.721. The quantitative estimate of drug-likeness (QED) is 0.623. The Kier molecular flexibility index (Phi) is 9.11. The number of aromatic nitrogens is 2. The van der Waals surface area contributed by atoms with E-state index in [0.717, 1.165) is 64.5 Å². The van der Waals surface area contributed by atoms with Crippen LogP contribution in [0.4, 0.5) is 5.95 Å². The van der Waals surface area contributed by atoms with Crippen molar-refractivity contribution in [2.45, 2.75) is 25.8 Å². The second-order valence-electron chi connectivity index (χ2n) is 6.36. The van der Waals surface area contributed by atoms with Crippen molar-refractivity contribution >= 4 is 5.95 Å². The van der Waals surface area contributed by atoms with Gasteiger partial charge in [-0.3, -0.25) is 0 Å². The Labute approximate surface area is 135 Å². The van der Waals surface area contributed by atoms with Crippen LogP contribution >= 0.6 is 0 Å². The van der Waals surface area contributed by atoms with Gasteiger partial charge in [0.15, 0.2) is 0 Å². The third kappa shape index (κ3) is 7.24. The van der Waals surface area contributed by atoms with Crippen molar-refractivity contribution in [3.63, 3.8) is 0 Å². The Morgan fingerprint density at radius 2 is 1.55 bits per heavy atom. The zero-order valence-electron chi connectivity index (χ0n) is 14.8. The lowest BCUT2D eigenvalue weighted by Gasteiger charge is -2.26. The highest BCUT2D eigenvalue weighted by molar-refractivity contribution is 5.31. The fraction of sp³-hybridized carbons (Fsp3) is 0.812. The monoisotopic (exact) mass is 310 g/mol. The molecule has 1 aromatic rings. The van der Waals surface area contributed by atoms with Gasteiger partial charge in [0, 0.05) is 32.0 Å². The van der Waals surface area contributed by atoms with Gasteiger partial charge in [-0.2, -0.15) is 0 Å². The van der Waals surface area contributed by atoms with E-state index in [9.17, 15) is 0 Å². The summed E-state index contributed by atoms with van der Waals surface area (Å²) in [7, 11) is 8.49. The van der Waals surface area contributed by atoms with E-state index in [0.29, 0.717) is 0 Å². The first-order valence-corrected chi connectivity index (χ1v) is 8.30. The largest absolute Gasteiger partial charge is 0.342 e. The molecular formula is C16H34N6. The van der Waals surface area contributed by atoms with E-state index in [1.54, 1.807) is 0 Å². The van der Waals surface area contributed by atoms with E-state index in [4.69, 9.17) is 5.73 Å². The van der Waals surface area contributed by atoms with Crippen LogP contribution in [0, 0.1) is 0 Å². The van der Waals surface area contributed by atoms with Gasteiger partial charge in [0.05, 0.1) is 0 Å². The molecule has 6 heteroatoms. The number of aryl methyl sites for hydroxylation is 1. The van der Waals surface area contributed by atoms with Crippen molar-refractivity contribution in [3.8, 4) is 0 Å². The maximum absolute atomic E-state index is 5.64. The van der Waals surface area contributed by atoms with Gasteiger partial charge in [-0.25, -0.2) is 4.98 Å². The van der Waals surface area contributed by atoms with E-state index >= 15 is 0 Å². The van der Waals surface area contributed by atoms with Crippen LogP contribution in [0.3, 0.4) is 0 Å². The number of nitrogens with two attached hydrogens (primary N) is 1. The van der Waals surface area contributed by atoms with Gasteiger partial charge < -0.3 is 25.0 Å². The average Bonchev–Trinajstić information content (AvgIpc) is 2.91. The molecule has 0 amide bonds. The smallest absolute Gasteiger partial charge is 0.205 e. The van der Waals surface area contributed by atoms with Gasteiger partial charge in [-0.1, -0.05) is 0 Å². The Morgan fingerprint density at radius 1 is 0.955 bits per heavy atom. The van der Waals surface area contributed by atoms with Crippen LogP contribution in [-0.2, 0) is 6.54 Å². The lowest BCUT2D eigenvalue weighted by Crippen LogP contribution is -2.32. The fourth-order valence-corrected chi connectivity index (χ4v) is 2.49. The first-order chi connectivity index (χ1) is 10.5. The highest BCUT2D eigenvalue weighted by Gasteiger charge is 2.12. The van der Waals surface area contributed by atoms with Crippen LogP contribution in [0.25, 0.3) is 0 Å². The summed E-state index contributed by atoms with van der Waals surface area (Å²) in [4.78, 5) is 11.5. The summed E-state index contributed by atoms with van der Waals surface area (Å²) in [6.07, 6.45) is 7.26. The zero-order chi connectivity index (χ0) is 16.4. The summed E-state index contributed by atoms with van der Waals surface area (Å²) >= 11 is 0. The van der Waals surface area contributed by atoms with Crippen LogP contribution in [0.15, 0.2) is 12.4 Å². The Bertz CT molecular complexity index is 374. The predicted octanol–water partition coefficient (Wildman–Crippen LogP) is 0.942. The molecule has 128 valence electrons. The first-order valence-electron chi connectivity index (χ1n) is 8.30. The minimum Gasteiger partial charge on any atom is -0.342 e. The molecule has 6 nitrogen and oxygen atoms in total. The molecule has 1 rings (SSSR count). The molecule has 22 heavy (non-hydrogen) atoms. The molecule has 1 heterocycles. The summed E-state index contributed by atoms with van der Waals surface area (Å²) < 4.78 is 2.23.